The highest BCUT2D eigenvalue weighted by Crippen LogP contribution is 2.61. The summed E-state index contributed by atoms with van der Waals surface area (Å²) in [4.78, 5) is 27.2. The SMILES string of the molecule is CC(=O)N1CCC2(CC1)c1c(ccc(C(=O)Nc3cccc(F)c3F)c1Cl)N(S(=O)(=O)c1ccc(F)cc1)C2C1CC1. The molecule has 1 saturated heterocycles. The Balaban J connectivity index is 1.50. The van der Waals surface area contributed by atoms with E-state index in [2.05, 4.69) is 5.32 Å². The first-order chi connectivity index (χ1) is 20.0. The number of hydrogen-bond acceptors (Lipinski definition) is 4. The molecule has 220 valence electrons. The molecular weight excluding hydrogens is 591 g/mol. The first-order valence-electron chi connectivity index (χ1n) is 13.6. The Bertz CT molecular complexity index is 1710. The van der Waals surface area contributed by atoms with E-state index in [1.54, 1.807) is 4.90 Å². The van der Waals surface area contributed by atoms with Crippen molar-refractivity contribution < 1.29 is 31.2 Å². The van der Waals surface area contributed by atoms with Crippen molar-refractivity contribution in [2.45, 2.75) is 49.0 Å². The Morgan fingerprint density at radius 1 is 0.976 bits per heavy atom. The molecule has 2 fully saturated rings. The maximum atomic E-state index is 14.3. The van der Waals surface area contributed by atoms with Crippen LogP contribution in [0.15, 0.2) is 59.5 Å². The number of piperidine rings is 1. The van der Waals surface area contributed by atoms with Gasteiger partial charge < -0.3 is 10.2 Å². The van der Waals surface area contributed by atoms with Gasteiger partial charge in [0.15, 0.2) is 11.6 Å². The highest BCUT2D eigenvalue weighted by Gasteiger charge is 2.61. The molecule has 1 unspecified atom stereocenters. The number of sulfonamides is 1. The van der Waals surface area contributed by atoms with Crippen molar-refractivity contribution in [1.29, 1.82) is 0 Å². The maximum Gasteiger partial charge on any atom is 0.264 e. The van der Waals surface area contributed by atoms with Crippen LogP contribution in [-0.2, 0) is 20.2 Å². The zero-order valence-corrected chi connectivity index (χ0v) is 24.1. The van der Waals surface area contributed by atoms with Gasteiger partial charge in [-0.05, 0) is 80.1 Å². The Morgan fingerprint density at radius 2 is 1.64 bits per heavy atom. The van der Waals surface area contributed by atoms with Crippen LogP contribution in [-0.4, -0.2) is 44.3 Å². The van der Waals surface area contributed by atoms with Gasteiger partial charge >= 0.3 is 0 Å². The molecule has 1 spiro atoms. The number of carbonyl (C=O) groups is 2. The van der Waals surface area contributed by atoms with Crippen LogP contribution in [0.1, 0.15) is 48.5 Å². The Hall–Kier alpha value is -3.57. The highest BCUT2D eigenvalue weighted by atomic mass is 35.5. The van der Waals surface area contributed by atoms with Crippen LogP contribution in [0.4, 0.5) is 24.5 Å². The number of benzene rings is 3. The standard InChI is InChI=1S/C30H27ClF3N3O4S/c1-17(38)36-15-13-30(14-16-36)25-24(12-11-21(26(25)31)29(39)35-23-4-2-3-22(33)27(23)34)37(28(30)18-5-6-18)42(40,41)20-9-7-19(32)8-10-20/h2-4,7-12,18,28H,5-6,13-16H2,1H3,(H,35,39). The summed E-state index contributed by atoms with van der Waals surface area (Å²) in [6.45, 7) is 2.21. The van der Waals surface area contributed by atoms with E-state index >= 15 is 0 Å². The number of nitrogens with one attached hydrogen (secondary N) is 1. The normalized spacial score (nSPS) is 19.6. The summed E-state index contributed by atoms with van der Waals surface area (Å²) in [5, 5.41) is 2.39. The summed E-state index contributed by atoms with van der Waals surface area (Å²) >= 11 is 7.00. The van der Waals surface area contributed by atoms with Gasteiger partial charge in [-0.15, -0.1) is 0 Å². The molecule has 1 saturated carbocycles. The molecule has 1 N–H and O–H groups in total. The molecule has 7 nitrogen and oxygen atoms in total. The molecule has 0 bridgehead atoms. The van der Waals surface area contributed by atoms with E-state index in [4.69, 9.17) is 11.6 Å². The number of carbonyl (C=O) groups excluding carboxylic acids is 2. The quantitative estimate of drug-likeness (QED) is 0.388. The van der Waals surface area contributed by atoms with E-state index in [0.29, 0.717) is 37.2 Å². The topological polar surface area (TPSA) is 86.8 Å². The highest BCUT2D eigenvalue weighted by molar-refractivity contribution is 7.93. The predicted octanol–water partition coefficient (Wildman–Crippen LogP) is 5.88. The summed E-state index contributed by atoms with van der Waals surface area (Å²) < 4.78 is 71.7. The van der Waals surface area contributed by atoms with Gasteiger partial charge in [-0.2, -0.15) is 0 Å². The predicted molar refractivity (Wildman–Crippen MR) is 152 cm³/mol. The third-order valence-corrected chi connectivity index (χ3v) is 10.9. The zero-order valence-electron chi connectivity index (χ0n) is 22.5. The molecular formula is C30H27ClF3N3O4S. The molecule has 1 aliphatic carbocycles. The second-order valence-corrected chi connectivity index (χ2v) is 13.3. The molecule has 3 aromatic rings. The summed E-state index contributed by atoms with van der Waals surface area (Å²) in [6.07, 6.45) is 2.38. The second-order valence-electron chi connectivity index (χ2n) is 11.1. The van der Waals surface area contributed by atoms with Gasteiger partial charge in [0.25, 0.3) is 15.9 Å². The minimum Gasteiger partial charge on any atom is -0.343 e. The first kappa shape index (κ1) is 28.5. The van der Waals surface area contributed by atoms with Crippen LogP contribution in [0.2, 0.25) is 5.02 Å². The van der Waals surface area contributed by atoms with Crippen LogP contribution in [0, 0.1) is 23.4 Å². The molecule has 42 heavy (non-hydrogen) atoms. The smallest absolute Gasteiger partial charge is 0.264 e. The van der Waals surface area contributed by atoms with Crippen molar-refractivity contribution in [1.82, 2.24) is 4.90 Å². The third-order valence-electron chi connectivity index (χ3n) is 8.66. The lowest BCUT2D eigenvalue weighted by molar-refractivity contribution is -0.130. The van der Waals surface area contributed by atoms with Crippen LogP contribution in [0.3, 0.4) is 0 Å². The lowest BCUT2D eigenvalue weighted by atomic mass is 9.68. The number of nitrogens with zero attached hydrogens (tertiary/aromatic N) is 2. The molecule has 0 radical (unpaired) electrons. The van der Waals surface area contributed by atoms with E-state index in [-0.39, 0.29) is 33.0 Å². The molecule has 3 aliphatic rings. The number of rotatable bonds is 5. The van der Waals surface area contributed by atoms with E-state index in [1.807, 2.05) is 0 Å². The molecule has 2 heterocycles. The third kappa shape index (κ3) is 4.53. The van der Waals surface area contributed by atoms with Gasteiger partial charge in [0.05, 0.1) is 32.9 Å². The number of fused-ring (bicyclic) bond motifs is 2. The summed E-state index contributed by atoms with van der Waals surface area (Å²) in [6, 6.07) is 10.3. The molecule has 2 aliphatic heterocycles. The van der Waals surface area contributed by atoms with Crippen molar-refractivity contribution in [3.8, 4) is 0 Å². The van der Waals surface area contributed by atoms with Crippen LogP contribution in [0.5, 0.6) is 0 Å². The Kier molecular flexibility index (Phi) is 7.00. The van der Waals surface area contributed by atoms with Crippen molar-refractivity contribution in [3.05, 3.63) is 88.2 Å². The van der Waals surface area contributed by atoms with Crippen molar-refractivity contribution in [2.75, 3.05) is 22.7 Å². The van der Waals surface area contributed by atoms with Gasteiger partial charge in [-0.25, -0.2) is 21.6 Å². The number of hydrogen-bond donors (Lipinski definition) is 1. The maximum absolute atomic E-state index is 14.3. The number of anilines is 2. The molecule has 1 atom stereocenters. The monoisotopic (exact) mass is 617 g/mol. The summed E-state index contributed by atoms with van der Waals surface area (Å²) in [5.41, 5.74) is -0.429. The van der Waals surface area contributed by atoms with Gasteiger partial charge in [-0.3, -0.25) is 13.9 Å². The molecule has 12 heteroatoms. The van der Waals surface area contributed by atoms with Gasteiger partial charge in [0, 0.05) is 31.0 Å². The zero-order chi connectivity index (χ0) is 30.0. The van der Waals surface area contributed by atoms with Crippen LogP contribution in [0.25, 0.3) is 0 Å². The van der Waals surface area contributed by atoms with Crippen molar-refractivity contribution in [3.63, 3.8) is 0 Å². The lowest BCUT2D eigenvalue weighted by Crippen LogP contribution is -2.54. The Labute approximate surface area is 246 Å². The fraction of sp³-hybridized carbons (Fsp3) is 0.333. The number of likely N-dealkylation sites (tertiary alicyclic amines) is 1. The van der Waals surface area contributed by atoms with Crippen molar-refractivity contribution >= 4 is 44.8 Å². The lowest BCUT2D eigenvalue weighted by Gasteiger charge is -2.45. The average Bonchev–Trinajstić information content (AvgIpc) is 3.75. The molecule has 0 aromatic heterocycles. The van der Waals surface area contributed by atoms with Gasteiger partial charge in [-0.1, -0.05) is 17.7 Å². The van der Waals surface area contributed by atoms with E-state index in [9.17, 15) is 31.2 Å². The fourth-order valence-corrected chi connectivity index (χ4v) is 8.76. The summed E-state index contributed by atoms with van der Waals surface area (Å²) in [5.74, 6) is -3.80. The number of amides is 2. The Morgan fingerprint density at radius 3 is 2.26 bits per heavy atom. The average molecular weight is 618 g/mol. The minimum absolute atomic E-state index is 0.00577. The van der Waals surface area contributed by atoms with Crippen LogP contribution < -0.4 is 9.62 Å². The number of halogens is 4. The first-order valence-corrected chi connectivity index (χ1v) is 15.4. The molecule has 2 amide bonds. The van der Waals surface area contributed by atoms with Gasteiger partial charge in [0.2, 0.25) is 5.91 Å². The molecule has 3 aromatic carbocycles. The van der Waals surface area contributed by atoms with Crippen LogP contribution >= 0.6 is 11.6 Å². The largest absolute Gasteiger partial charge is 0.343 e. The fourth-order valence-electron chi connectivity index (χ4n) is 6.53. The van der Waals surface area contributed by atoms with E-state index in [0.717, 1.165) is 31.0 Å². The van der Waals surface area contributed by atoms with Crippen molar-refractivity contribution in [2.24, 2.45) is 5.92 Å². The minimum atomic E-state index is -4.20. The summed E-state index contributed by atoms with van der Waals surface area (Å²) in [7, 11) is -4.20. The second kappa shape index (κ2) is 10.3. The van der Waals surface area contributed by atoms with E-state index in [1.165, 1.54) is 47.6 Å². The van der Waals surface area contributed by atoms with Gasteiger partial charge in [0.1, 0.15) is 5.82 Å². The van der Waals surface area contributed by atoms with E-state index < -0.39 is 44.8 Å². The molecule has 6 rings (SSSR count).